The predicted octanol–water partition coefficient (Wildman–Crippen LogP) is 8.52. The first-order valence-corrected chi connectivity index (χ1v) is 15.1. The van der Waals surface area contributed by atoms with Crippen LogP contribution in [0.4, 0.5) is 0 Å². The molecule has 5 aromatic rings. The van der Waals surface area contributed by atoms with Gasteiger partial charge in [-0.15, -0.1) is 22.7 Å². The summed E-state index contributed by atoms with van der Waals surface area (Å²) in [5.41, 5.74) is 5.09. The molecule has 0 saturated heterocycles. The van der Waals surface area contributed by atoms with Crippen molar-refractivity contribution in [3.05, 3.63) is 124 Å². The summed E-state index contributed by atoms with van der Waals surface area (Å²) < 4.78 is 11.2. The van der Waals surface area contributed by atoms with Crippen LogP contribution in [0.3, 0.4) is 0 Å². The molecule has 0 atom stereocenters. The second-order valence-electron chi connectivity index (χ2n) is 9.68. The van der Waals surface area contributed by atoms with Crippen molar-refractivity contribution in [2.75, 3.05) is 13.2 Å². The fourth-order valence-corrected chi connectivity index (χ4v) is 6.21. The zero-order valence-corrected chi connectivity index (χ0v) is 25.2. The Labute approximate surface area is 257 Å². The lowest BCUT2D eigenvalue weighted by molar-refractivity contribution is -0.139. The van der Waals surface area contributed by atoms with Crippen molar-refractivity contribution in [1.82, 2.24) is 0 Å². The lowest BCUT2D eigenvalue weighted by Crippen LogP contribution is -2.09. The minimum Gasteiger partial charge on any atom is -0.490 e. The van der Waals surface area contributed by atoms with E-state index in [2.05, 4.69) is 48.5 Å². The second-order valence-corrected chi connectivity index (χ2v) is 11.8. The monoisotopic (exact) mass is 608 g/mol. The molecule has 0 aliphatic heterocycles. The number of carboxylic acid groups (broad SMARTS) is 1. The van der Waals surface area contributed by atoms with Crippen molar-refractivity contribution in [2.45, 2.75) is 13.8 Å². The molecule has 0 unspecified atom stereocenters. The van der Waals surface area contributed by atoms with Crippen LogP contribution < -0.4 is 9.47 Å². The third-order valence-electron chi connectivity index (χ3n) is 6.59. The van der Waals surface area contributed by atoms with Gasteiger partial charge in [-0.25, -0.2) is 4.79 Å². The molecule has 0 amide bonds. The topological polar surface area (TPSA) is 89.9 Å². The number of hydrogen-bond acceptors (Lipinski definition) is 7. The smallest absolute Gasteiger partial charge is 0.341 e. The van der Waals surface area contributed by atoms with Crippen molar-refractivity contribution in [3.63, 3.8) is 0 Å². The average molecular weight is 609 g/mol. The molecular formula is C35H28O6S2. The van der Waals surface area contributed by atoms with Crippen LogP contribution in [0.5, 0.6) is 11.5 Å². The minimum absolute atomic E-state index is 0.0593. The summed E-state index contributed by atoms with van der Waals surface area (Å²) in [7, 11) is 0. The summed E-state index contributed by atoms with van der Waals surface area (Å²) in [6, 6.07) is 31.0. The van der Waals surface area contributed by atoms with E-state index < -0.39 is 12.6 Å². The van der Waals surface area contributed by atoms with E-state index in [-0.39, 0.29) is 11.6 Å². The van der Waals surface area contributed by atoms with Crippen LogP contribution >= 0.6 is 22.7 Å². The Balaban J connectivity index is 1.39. The Kier molecular flexibility index (Phi) is 9.29. The molecule has 0 aliphatic carbocycles. The molecule has 0 fully saturated rings. The normalized spacial score (nSPS) is 10.7. The predicted molar refractivity (Wildman–Crippen MR) is 172 cm³/mol. The Hall–Kier alpha value is -4.79. The maximum atomic E-state index is 11.8. The maximum Gasteiger partial charge on any atom is 0.341 e. The highest BCUT2D eigenvalue weighted by molar-refractivity contribution is 7.17. The number of benzene rings is 3. The molecule has 0 bridgehead atoms. The molecular weight excluding hydrogens is 581 g/mol. The van der Waals surface area contributed by atoms with Crippen molar-refractivity contribution < 1.29 is 29.0 Å². The van der Waals surface area contributed by atoms with E-state index in [0.29, 0.717) is 18.1 Å². The van der Waals surface area contributed by atoms with Gasteiger partial charge in [0.2, 0.25) is 0 Å². The molecule has 2 aromatic heterocycles. The van der Waals surface area contributed by atoms with E-state index >= 15 is 0 Å². The van der Waals surface area contributed by atoms with Gasteiger partial charge in [-0.3, -0.25) is 9.59 Å². The fourth-order valence-electron chi connectivity index (χ4n) is 4.39. The number of aliphatic carboxylic acids is 1. The zero-order valence-electron chi connectivity index (χ0n) is 23.5. The van der Waals surface area contributed by atoms with Crippen LogP contribution in [0.25, 0.3) is 26.5 Å². The van der Waals surface area contributed by atoms with Crippen LogP contribution in [-0.2, 0) is 4.79 Å². The van der Waals surface area contributed by atoms with Crippen molar-refractivity contribution in [3.8, 4) is 32.4 Å². The quantitative estimate of drug-likeness (QED) is 0.143. The second kappa shape index (κ2) is 13.5. The van der Waals surface area contributed by atoms with E-state index in [4.69, 9.17) is 14.6 Å². The van der Waals surface area contributed by atoms with Gasteiger partial charge >= 0.3 is 5.97 Å². The number of ether oxygens (including phenoxy) is 2. The minimum atomic E-state index is -1.04. The Morgan fingerprint density at radius 2 is 1.07 bits per heavy atom. The van der Waals surface area contributed by atoms with E-state index in [9.17, 15) is 14.4 Å². The van der Waals surface area contributed by atoms with E-state index in [1.54, 1.807) is 38.1 Å². The molecule has 216 valence electrons. The molecule has 6 nitrogen and oxygen atoms in total. The number of hydrogen-bond donors (Lipinski definition) is 1. The summed E-state index contributed by atoms with van der Waals surface area (Å²) in [5, 5.41) is 8.79. The van der Waals surface area contributed by atoms with Crippen molar-refractivity contribution in [1.29, 1.82) is 0 Å². The third-order valence-corrected chi connectivity index (χ3v) is 9.06. The Morgan fingerprint density at radius 3 is 1.47 bits per heavy atom. The number of carbonyl (C=O) groups is 3. The first-order valence-electron chi connectivity index (χ1n) is 13.5. The number of ketones is 2. The highest BCUT2D eigenvalue weighted by Crippen LogP contribution is 2.33. The molecule has 5 rings (SSSR count). The van der Waals surface area contributed by atoms with Crippen LogP contribution in [0, 0.1) is 0 Å². The lowest BCUT2D eigenvalue weighted by Gasteiger charge is -2.12. The zero-order chi connectivity index (χ0) is 30.3. The van der Waals surface area contributed by atoms with Gasteiger partial charge in [-0.1, -0.05) is 48.5 Å². The summed E-state index contributed by atoms with van der Waals surface area (Å²) in [5.74, 6) is 0.162. The lowest BCUT2D eigenvalue weighted by atomic mass is 9.95. The summed E-state index contributed by atoms with van der Waals surface area (Å²) in [6.45, 7) is 3.05. The van der Waals surface area contributed by atoms with E-state index in [1.165, 1.54) is 22.7 Å². The van der Waals surface area contributed by atoms with Gasteiger partial charge in [0.1, 0.15) is 18.1 Å². The molecule has 2 heterocycles. The molecule has 8 heteroatoms. The molecule has 0 saturated carbocycles. The highest BCUT2D eigenvalue weighted by Gasteiger charge is 2.11. The maximum absolute atomic E-state index is 11.8. The molecule has 1 N–H and O–H groups in total. The van der Waals surface area contributed by atoms with Gasteiger partial charge in [0, 0.05) is 9.75 Å². The van der Waals surface area contributed by atoms with Gasteiger partial charge in [-0.05, 0) is 96.3 Å². The summed E-state index contributed by atoms with van der Waals surface area (Å²) >= 11 is 2.96. The van der Waals surface area contributed by atoms with Gasteiger partial charge in [-0.2, -0.15) is 0 Å². The Morgan fingerprint density at radius 1 is 0.628 bits per heavy atom. The van der Waals surface area contributed by atoms with Crippen LogP contribution in [0.15, 0.2) is 103 Å². The first kappa shape index (κ1) is 29.7. The first-order chi connectivity index (χ1) is 20.8. The fraction of sp³-hybridized carbons (Fsp3) is 0.114. The van der Waals surface area contributed by atoms with Crippen molar-refractivity contribution >= 4 is 45.8 Å². The number of thiophene rings is 2. The third kappa shape index (κ3) is 7.54. The average Bonchev–Trinajstić information content (AvgIpc) is 3.71. The largest absolute Gasteiger partial charge is 0.490 e. The van der Waals surface area contributed by atoms with Gasteiger partial charge in [0.15, 0.2) is 18.2 Å². The molecule has 0 radical (unpaired) electrons. The van der Waals surface area contributed by atoms with Crippen LogP contribution in [0.1, 0.15) is 44.3 Å². The van der Waals surface area contributed by atoms with Gasteiger partial charge in [0.25, 0.3) is 0 Å². The van der Waals surface area contributed by atoms with Crippen LogP contribution in [-0.4, -0.2) is 35.9 Å². The molecule has 3 aromatic carbocycles. The molecule has 43 heavy (non-hydrogen) atoms. The molecule has 0 spiro atoms. The SMILES string of the molecule is CC(=O)c1ccc(-c2ccc(C(=CCOc3ccc(OCC(=O)O)cc3)c3ccc(-c4ccc(C(C)=O)s4)cc3)cc2)s1. The highest BCUT2D eigenvalue weighted by atomic mass is 32.1. The number of rotatable bonds is 12. The van der Waals surface area contributed by atoms with Gasteiger partial charge in [0.05, 0.1) is 9.75 Å². The number of Topliss-reactive ketones (excluding diaryl/α,β-unsaturated/α-hetero) is 2. The summed E-state index contributed by atoms with van der Waals surface area (Å²) in [6.07, 6.45) is 2.02. The number of carboxylic acids is 1. The molecule has 0 aliphatic rings. The van der Waals surface area contributed by atoms with E-state index in [0.717, 1.165) is 47.3 Å². The Bertz CT molecular complexity index is 1680. The van der Waals surface area contributed by atoms with E-state index in [1.807, 2.05) is 30.3 Å². The van der Waals surface area contributed by atoms with Crippen molar-refractivity contribution in [2.24, 2.45) is 0 Å². The van der Waals surface area contributed by atoms with Crippen LogP contribution in [0.2, 0.25) is 0 Å². The van der Waals surface area contributed by atoms with Gasteiger partial charge < -0.3 is 14.6 Å². The standard InChI is InChI=1S/C35H28O6S2/c1-22(36)31-15-17-33(42-31)26-7-3-24(4-8-26)30(19-20-40-28-11-13-29(14-12-28)41-21-35(38)39)25-5-9-27(10-6-25)34-18-16-32(43-34)23(2)37/h3-19H,20-21H2,1-2H3,(H,38,39). The number of carbonyl (C=O) groups excluding carboxylic acids is 2. The summed E-state index contributed by atoms with van der Waals surface area (Å²) in [4.78, 5) is 37.8.